The average Bonchev–Trinajstić information content (AvgIpc) is 2.58. The molecular formula is C18H19NO3. The Morgan fingerprint density at radius 3 is 2.55 bits per heavy atom. The molecule has 0 aliphatic heterocycles. The van der Waals surface area contributed by atoms with Crippen molar-refractivity contribution in [3.63, 3.8) is 0 Å². The van der Waals surface area contributed by atoms with Crippen LogP contribution in [0.4, 0.5) is 0 Å². The molecule has 0 aliphatic rings. The first-order valence-corrected chi connectivity index (χ1v) is 7.39. The van der Waals surface area contributed by atoms with Gasteiger partial charge in [0.05, 0.1) is 0 Å². The highest BCUT2D eigenvalue weighted by molar-refractivity contribution is 5.70. The average molecular weight is 297 g/mol. The zero-order chi connectivity index (χ0) is 15.6. The summed E-state index contributed by atoms with van der Waals surface area (Å²) < 4.78 is 5.64. The lowest BCUT2D eigenvalue weighted by molar-refractivity contribution is -0.147. The van der Waals surface area contributed by atoms with Gasteiger partial charge in [-0.3, -0.25) is 9.78 Å². The highest BCUT2D eigenvalue weighted by Gasteiger charge is 2.18. The molecule has 2 aromatic rings. The number of hydrogen-bond acceptors (Lipinski definition) is 4. The van der Waals surface area contributed by atoms with Crippen molar-refractivity contribution >= 4 is 12.3 Å². The lowest BCUT2D eigenvalue weighted by atomic mass is 10.0. The summed E-state index contributed by atoms with van der Waals surface area (Å²) in [6, 6.07) is 13.3. The topological polar surface area (TPSA) is 56.3 Å². The quantitative estimate of drug-likeness (QED) is 0.425. The second-order valence-electron chi connectivity index (χ2n) is 4.98. The Kier molecular flexibility index (Phi) is 6.30. The van der Waals surface area contributed by atoms with Crippen LogP contribution in [0.1, 0.15) is 42.9 Å². The number of aldehydes is 1. The van der Waals surface area contributed by atoms with Crippen molar-refractivity contribution in [2.75, 3.05) is 0 Å². The molecule has 114 valence electrons. The van der Waals surface area contributed by atoms with Crippen LogP contribution < -0.4 is 0 Å². The summed E-state index contributed by atoms with van der Waals surface area (Å²) in [4.78, 5) is 26.4. The molecule has 22 heavy (non-hydrogen) atoms. The van der Waals surface area contributed by atoms with Gasteiger partial charge in [-0.2, -0.15) is 0 Å². The van der Waals surface area contributed by atoms with Crippen molar-refractivity contribution < 1.29 is 14.3 Å². The van der Waals surface area contributed by atoms with Crippen LogP contribution in [0.2, 0.25) is 0 Å². The fraction of sp³-hybridized carbons (Fsp3) is 0.278. The van der Waals surface area contributed by atoms with Gasteiger partial charge in [0.25, 0.3) is 0 Å². The van der Waals surface area contributed by atoms with Crippen molar-refractivity contribution in [2.45, 2.75) is 31.8 Å². The number of esters is 1. The maximum absolute atomic E-state index is 12.0. The lowest BCUT2D eigenvalue weighted by Crippen LogP contribution is -2.12. The van der Waals surface area contributed by atoms with E-state index in [9.17, 15) is 9.59 Å². The smallest absolute Gasteiger partial charge is 0.306 e. The fourth-order valence-corrected chi connectivity index (χ4v) is 2.17. The van der Waals surface area contributed by atoms with Gasteiger partial charge in [-0.1, -0.05) is 36.4 Å². The van der Waals surface area contributed by atoms with Crippen LogP contribution in [0.25, 0.3) is 0 Å². The second kappa shape index (κ2) is 8.72. The Hall–Kier alpha value is -2.49. The van der Waals surface area contributed by atoms with Crippen molar-refractivity contribution in [1.29, 1.82) is 0 Å². The van der Waals surface area contributed by atoms with Gasteiger partial charge in [-0.15, -0.1) is 0 Å². The van der Waals surface area contributed by atoms with Crippen LogP contribution in [0.3, 0.4) is 0 Å². The summed E-state index contributed by atoms with van der Waals surface area (Å²) in [6.45, 7) is 0. The number of unbranched alkanes of at least 4 members (excludes halogenated alkanes) is 2. The summed E-state index contributed by atoms with van der Waals surface area (Å²) in [5.74, 6) is -0.261. The summed E-state index contributed by atoms with van der Waals surface area (Å²) >= 11 is 0. The van der Waals surface area contributed by atoms with E-state index in [0.29, 0.717) is 25.7 Å². The van der Waals surface area contributed by atoms with E-state index in [1.54, 1.807) is 12.4 Å². The molecule has 0 spiro atoms. The maximum atomic E-state index is 12.0. The molecule has 0 saturated carbocycles. The van der Waals surface area contributed by atoms with E-state index >= 15 is 0 Å². The van der Waals surface area contributed by atoms with Crippen LogP contribution in [0.5, 0.6) is 0 Å². The summed E-state index contributed by atoms with van der Waals surface area (Å²) in [6.07, 6.45) is 5.98. The van der Waals surface area contributed by atoms with Gasteiger partial charge in [0, 0.05) is 30.8 Å². The van der Waals surface area contributed by atoms with Gasteiger partial charge in [-0.25, -0.2) is 0 Å². The molecule has 0 radical (unpaired) electrons. The Balaban J connectivity index is 2.06. The molecule has 0 amide bonds. The number of nitrogens with zero attached hydrogens (tertiary/aromatic N) is 1. The number of carbonyl (C=O) groups excluding carboxylic acids is 2. The van der Waals surface area contributed by atoms with E-state index in [4.69, 9.17) is 4.74 Å². The molecule has 1 aromatic carbocycles. The molecule has 1 unspecified atom stereocenters. The third-order valence-corrected chi connectivity index (χ3v) is 3.29. The van der Waals surface area contributed by atoms with E-state index in [1.807, 2.05) is 42.5 Å². The van der Waals surface area contributed by atoms with Gasteiger partial charge >= 0.3 is 5.97 Å². The van der Waals surface area contributed by atoms with Gasteiger partial charge < -0.3 is 9.53 Å². The Morgan fingerprint density at radius 1 is 1.09 bits per heavy atom. The highest BCUT2D eigenvalue weighted by Crippen LogP contribution is 2.26. The maximum Gasteiger partial charge on any atom is 0.306 e. The van der Waals surface area contributed by atoms with Gasteiger partial charge in [0.1, 0.15) is 6.29 Å². The normalized spacial score (nSPS) is 11.6. The van der Waals surface area contributed by atoms with E-state index in [1.165, 1.54) is 0 Å². The summed E-state index contributed by atoms with van der Waals surface area (Å²) in [5, 5.41) is 0. The molecule has 2 rings (SSSR count). The first kappa shape index (κ1) is 15.9. The van der Waals surface area contributed by atoms with Crippen molar-refractivity contribution in [3.8, 4) is 0 Å². The standard InChI is InChI=1S/C18H19NO3/c20-13-6-2-5-11-17(21)22-18(15-8-3-1-4-9-15)16-10-7-12-19-14-16/h1,3-4,7-10,12-14,18H,2,5-6,11H2. The Labute approximate surface area is 130 Å². The van der Waals surface area contributed by atoms with Crippen LogP contribution in [0, 0.1) is 0 Å². The lowest BCUT2D eigenvalue weighted by Gasteiger charge is -2.18. The first-order chi connectivity index (χ1) is 10.8. The summed E-state index contributed by atoms with van der Waals surface area (Å²) in [5.41, 5.74) is 1.76. The number of carbonyl (C=O) groups is 2. The molecule has 0 N–H and O–H groups in total. The third kappa shape index (κ3) is 4.81. The zero-order valence-electron chi connectivity index (χ0n) is 12.4. The predicted octanol–water partition coefficient (Wildman–Crippen LogP) is 3.47. The van der Waals surface area contributed by atoms with E-state index in [0.717, 1.165) is 17.4 Å². The van der Waals surface area contributed by atoms with Crippen LogP contribution >= 0.6 is 0 Å². The SMILES string of the molecule is O=CCCCCC(=O)OC(c1ccccc1)c1cccnc1. The van der Waals surface area contributed by atoms with Crippen molar-refractivity contribution in [2.24, 2.45) is 0 Å². The summed E-state index contributed by atoms with van der Waals surface area (Å²) in [7, 11) is 0. The number of hydrogen-bond donors (Lipinski definition) is 0. The number of pyridine rings is 1. The molecule has 0 fully saturated rings. The molecular weight excluding hydrogens is 278 g/mol. The van der Waals surface area contributed by atoms with Crippen LogP contribution in [-0.4, -0.2) is 17.2 Å². The predicted molar refractivity (Wildman–Crippen MR) is 83.1 cm³/mol. The molecule has 1 atom stereocenters. The number of ether oxygens (including phenoxy) is 1. The highest BCUT2D eigenvalue weighted by atomic mass is 16.5. The molecule has 1 aromatic heterocycles. The number of benzene rings is 1. The van der Waals surface area contributed by atoms with Gasteiger partial charge in [0.2, 0.25) is 0 Å². The van der Waals surface area contributed by atoms with E-state index in [2.05, 4.69) is 4.98 Å². The number of rotatable bonds is 8. The molecule has 0 aliphatic carbocycles. The number of aromatic nitrogens is 1. The minimum atomic E-state index is -0.450. The van der Waals surface area contributed by atoms with Crippen molar-refractivity contribution in [1.82, 2.24) is 4.98 Å². The largest absolute Gasteiger partial charge is 0.452 e. The second-order valence-corrected chi connectivity index (χ2v) is 4.98. The molecule has 4 heteroatoms. The molecule has 0 bridgehead atoms. The molecule has 4 nitrogen and oxygen atoms in total. The molecule has 1 heterocycles. The van der Waals surface area contributed by atoms with Crippen LogP contribution in [-0.2, 0) is 14.3 Å². The van der Waals surface area contributed by atoms with E-state index < -0.39 is 6.10 Å². The monoisotopic (exact) mass is 297 g/mol. The van der Waals surface area contributed by atoms with Gasteiger partial charge in [-0.05, 0) is 24.5 Å². The fourth-order valence-electron chi connectivity index (χ4n) is 2.17. The van der Waals surface area contributed by atoms with Crippen molar-refractivity contribution in [3.05, 3.63) is 66.0 Å². The third-order valence-electron chi connectivity index (χ3n) is 3.29. The van der Waals surface area contributed by atoms with Gasteiger partial charge in [0.15, 0.2) is 6.10 Å². The first-order valence-electron chi connectivity index (χ1n) is 7.39. The minimum Gasteiger partial charge on any atom is -0.452 e. The Bertz CT molecular complexity index is 544. The van der Waals surface area contributed by atoms with E-state index in [-0.39, 0.29) is 5.97 Å². The van der Waals surface area contributed by atoms with Crippen LogP contribution in [0.15, 0.2) is 54.9 Å². The Morgan fingerprint density at radius 2 is 1.86 bits per heavy atom. The molecule has 0 saturated heterocycles. The zero-order valence-corrected chi connectivity index (χ0v) is 12.4. The minimum absolute atomic E-state index is 0.261.